The van der Waals surface area contributed by atoms with Crippen LogP contribution in [0.15, 0.2) is 42.5 Å². The van der Waals surface area contributed by atoms with Crippen LogP contribution in [-0.2, 0) is 0 Å². The Morgan fingerprint density at radius 2 is 1.61 bits per heavy atom. The van der Waals surface area contributed by atoms with Crippen molar-refractivity contribution in [1.82, 2.24) is 4.90 Å². The van der Waals surface area contributed by atoms with Crippen LogP contribution in [0.4, 0.5) is 11.4 Å². The van der Waals surface area contributed by atoms with Gasteiger partial charge in [-0.2, -0.15) is 0 Å². The van der Waals surface area contributed by atoms with Crippen molar-refractivity contribution in [2.45, 2.75) is 13.8 Å². The molecule has 1 saturated heterocycles. The second-order valence-corrected chi connectivity index (χ2v) is 6.19. The molecule has 0 aromatic heterocycles. The highest BCUT2D eigenvalue weighted by atomic mass is 16.2. The van der Waals surface area contributed by atoms with E-state index in [2.05, 4.69) is 17.9 Å². The first-order valence-corrected chi connectivity index (χ1v) is 8.01. The summed E-state index contributed by atoms with van der Waals surface area (Å²) >= 11 is 0. The van der Waals surface area contributed by atoms with Crippen molar-refractivity contribution in [2.24, 2.45) is 0 Å². The van der Waals surface area contributed by atoms with Crippen LogP contribution in [0.3, 0.4) is 0 Å². The summed E-state index contributed by atoms with van der Waals surface area (Å²) in [6.07, 6.45) is 0. The van der Waals surface area contributed by atoms with E-state index in [4.69, 9.17) is 5.73 Å². The fourth-order valence-corrected chi connectivity index (χ4v) is 3.06. The minimum Gasteiger partial charge on any atom is -0.399 e. The fraction of sp³-hybridized carbons (Fsp3) is 0.316. The molecule has 1 heterocycles. The van der Waals surface area contributed by atoms with E-state index in [1.54, 1.807) is 0 Å². The summed E-state index contributed by atoms with van der Waals surface area (Å²) in [7, 11) is 0. The Kier molecular flexibility index (Phi) is 4.24. The molecule has 1 aliphatic rings. The summed E-state index contributed by atoms with van der Waals surface area (Å²) in [6.45, 7) is 7.30. The Morgan fingerprint density at radius 1 is 0.957 bits per heavy atom. The van der Waals surface area contributed by atoms with Gasteiger partial charge in [-0.1, -0.05) is 17.7 Å². The quantitative estimate of drug-likeness (QED) is 0.868. The predicted octanol–water partition coefficient (Wildman–Crippen LogP) is 2.85. The van der Waals surface area contributed by atoms with Crippen LogP contribution < -0.4 is 10.6 Å². The number of anilines is 2. The van der Waals surface area contributed by atoms with Crippen LogP contribution in [0.1, 0.15) is 21.5 Å². The maximum atomic E-state index is 12.6. The molecular formula is C19H23N3O. The SMILES string of the molecule is Cc1ccc(C(=O)N2CCN(c3ccc(N)cc3C)CC2)cc1. The van der Waals surface area contributed by atoms with Gasteiger partial charge in [0.1, 0.15) is 0 Å². The van der Waals surface area contributed by atoms with E-state index >= 15 is 0 Å². The summed E-state index contributed by atoms with van der Waals surface area (Å²) in [4.78, 5) is 16.8. The maximum absolute atomic E-state index is 12.6. The molecule has 0 atom stereocenters. The van der Waals surface area contributed by atoms with Gasteiger partial charge in [-0.25, -0.2) is 0 Å². The van der Waals surface area contributed by atoms with Gasteiger partial charge in [-0.05, 0) is 49.7 Å². The third-order valence-corrected chi connectivity index (χ3v) is 4.43. The number of aryl methyl sites for hydroxylation is 2. The fourth-order valence-electron chi connectivity index (χ4n) is 3.06. The normalized spacial score (nSPS) is 14.9. The van der Waals surface area contributed by atoms with Crippen LogP contribution >= 0.6 is 0 Å². The van der Waals surface area contributed by atoms with Crippen molar-refractivity contribution in [3.05, 3.63) is 59.2 Å². The minimum absolute atomic E-state index is 0.124. The Hall–Kier alpha value is -2.49. The molecule has 1 fully saturated rings. The number of nitrogen functional groups attached to an aromatic ring is 1. The predicted molar refractivity (Wildman–Crippen MR) is 94.9 cm³/mol. The summed E-state index contributed by atoms with van der Waals surface area (Å²) in [5.41, 5.74) is 10.9. The van der Waals surface area contributed by atoms with Crippen molar-refractivity contribution >= 4 is 17.3 Å². The van der Waals surface area contributed by atoms with Gasteiger partial charge in [-0.3, -0.25) is 4.79 Å². The second kappa shape index (κ2) is 6.32. The van der Waals surface area contributed by atoms with Crippen LogP contribution in [-0.4, -0.2) is 37.0 Å². The molecule has 0 radical (unpaired) electrons. The first-order chi connectivity index (χ1) is 11.0. The molecule has 0 unspecified atom stereocenters. The highest BCUT2D eigenvalue weighted by Gasteiger charge is 2.22. The molecule has 2 N–H and O–H groups in total. The molecule has 4 heteroatoms. The van der Waals surface area contributed by atoms with Gasteiger partial charge in [0.2, 0.25) is 0 Å². The average Bonchev–Trinajstić information content (AvgIpc) is 2.55. The van der Waals surface area contributed by atoms with E-state index in [1.165, 1.54) is 16.8 Å². The van der Waals surface area contributed by atoms with E-state index < -0.39 is 0 Å². The topological polar surface area (TPSA) is 49.6 Å². The third-order valence-electron chi connectivity index (χ3n) is 4.43. The van der Waals surface area contributed by atoms with Gasteiger partial charge in [-0.15, -0.1) is 0 Å². The lowest BCUT2D eigenvalue weighted by Crippen LogP contribution is -2.49. The van der Waals surface area contributed by atoms with Gasteiger partial charge in [0.25, 0.3) is 5.91 Å². The van der Waals surface area contributed by atoms with Crippen molar-refractivity contribution in [3.63, 3.8) is 0 Å². The molecule has 1 amide bonds. The Bertz CT molecular complexity index is 701. The zero-order valence-electron chi connectivity index (χ0n) is 13.7. The number of carbonyl (C=O) groups excluding carboxylic acids is 1. The second-order valence-electron chi connectivity index (χ2n) is 6.19. The first kappa shape index (κ1) is 15.4. The number of carbonyl (C=O) groups is 1. The van der Waals surface area contributed by atoms with E-state index in [0.717, 1.165) is 37.4 Å². The lowest BCUT2D eigenvalue weighted by molar-refractivity contribution is 0.0747. The number of nitrogens with zero attached hydrogens (tertiary/aromatic N) is 2. The molecule has 0 saturated carbocycles. The van der Waals surface area contributed by atoms with Gasteiger partial charge < -0.3 is 15.5 Å². The standard InChI is InChI=1S/C19H23N3O/c1-14-3-5-16(6-4-14)19(23)22-11-9-21(10-12-22)18-8-7-17(20)13-15(18)2/h3-8,13H,9-12,20H2,1-2H3. The van der Waals surface area contributed by atoms with Crippen molar-refractivity contribution in [2.75, 3.05) is 36.8 Å². The molecule has 4 nitrogen and oxygen atoms in total. The number of hydrogen-bond acceptors (Lipinski definition) is 3. The molecule has 120 valence electrons. The number of amides is 1. The van der Waals surface area contributed by atoms with E-state index in [0.29, 0.717) is 0 Å². The molecule has 2 aromatic rings. The summed E-state index contributed by atoms with van der Waals surface area (Å²) in [5, 5.41) is 0. The third kappa shape index (κ3) is 3.31. The lowest BCUT2D eigenvalue weighted by Gasteiger charge is -2.37. The summed E-state index contributed by atoms with van der Waals surface area (Å²) in [6, 6.07) is 13.8. The Balaban J connectivity index is 1.66. The molecule has 0 aliphatic carbocycles. The monoisotopic (exact) mass is 309 g/mol. The molecule has 1 aliphatic heterocycles. The van der Waals surface area contributed by atoms with E-state index in [1.807, 2.05) is 48.2 Å². The molecule has 3 rings (SSSR count). The summed E-state index contributed by atoms with van der Waals surface area (Å²) in [5.74, 6) is 0.124. The molecular weight excluding hydrogens is 286 g/mol. The average molecular weight is 309 g/mol. The molecule has 2 aromatic carbocycles. The number of hydrogen-bond donors (Lipinski definition) is 1. The van der Waals surface area contributed by atoms with Gasteiger partial charge in [0, 0.05) is 43.1 Å². The molecule has 0 bridgehead atoms. The van der Waals surface area contributed by atoms with Crippen LogP contribution in [0, 0.1) is 13.8 Å². The molecule has 0 spiro atoms. The largest absolute Gasteiger partial charge is 0.399 e. The van der Waals surface area contributed by atoms with Crippen LogP contribution in [0.25, 0.3) is 0 Å². The smallest absolute Gasteiger partial charge is 0.253 e. The molecule has 23 heavy (non-hydrogen) atoms. The van der Waals surface area contributed by atoms with Gasteiger partial charge in [0.15, 0.2) is 0 Å². The highest BCUT2D eigenvalue weighted by molar-refractivity contribution is 5.94. The zero-order chi connectivity index (χ0) is 16.4. The van der Waals surface area contributed by atoms with Crippen LogP contribution in [0.5, 0.6) is 0 Å². The van der Waals surface area contributed by atoms with E-state index in [9.17, 15) is 4.79 Å². The maximum Gasteiger partial charge on any atom is 0.253 e. The number of nitrogens with two attached hydrogens (primary N) is 1. The van der Waals surface area contributed by atoms with Gasteiger partial charge in [0.05, 0.1) is 0 Å². The van der Waals surface area contributed by atoms with Crippen molar-refractivity contribution in [3.8, 4) is 0 Å². The number of benzene rings is 2. The van der Waals surface area contributed by atoms with Gasteiger partial charge >= 0.3 is 0 Å². The zero-order valence-corrected chi connectivity index (χ0v) is 13.7. The Morgan fingerprint density at radius 3 is 2.22 bits per heavy atom. The minimum atomic E-state index is 0.124. The van der Waals surface area contributed by atoms with E-state index in [-0.39, 0.29) is 5.91 Å². The van der Waals surface area contributed by atoms with Crippen molar-refractivity contribution in [1.29, 1.82) is 0 Å². The lowest BCUT2D eigenvalue weighted by atomic mass is 10.1. The highest BCUT2D eigenvalue weighted by Crippen LogP contribution is 2.23. The summed E-state index contributed by atoms with van der Waals surface area (Å²) < 4.78 is 0. The Labute approximate surface area is 137 Å². The number of rotatable bonds is 2. The van der Waals surface area contributed by atoms with Crippen LogP contribution in [0.2, 0.25) is 0 Å². The van der Waals surface area contributed by atoms with Crippen molar-refractivity contribution < 1.29 is 4.79 Å². The first-order valence-electron chi connectivity index (χ1n) is 8.01. The number of piperazine rings is 1.